The molecule has 0 atom stereocenters. The molecule has 0 saturated heterocycles. The summed E-state index contributed by atoms with van der Waals surface area (Å²) >= 11 is 12.5. The second kappa shape index (κ2) is 8.41. The molecule has 0 aliphatic heterocycles. The SMILES string of the molecule is CC(=O)Oc1c(Br)cc(/C=N\NC(=O)c2cccc(Cl)c2)cc1Br. The van der Waals surface area contributed by atoms with Gasteiger partial charge in [-0.2, -0.15) is 5.10 Å². The van der Waals surface area contributed by atoms with Crippen molar-refractivity contribution in [3.63, 3.8) is 0 Å². The third kappa shape index (κ3) is 5.15. The Hall–Kier alpha value is -1.70. The predicted molar refractivity (Wildman–Crippen MR) is 99.7 cm³/mol. The van der Waals surface area contributed by atoms with Gasteiger partial charge in [-0.05, 0) is 67.8 Å². The van der Waals surface area contributed by atoms with Gasteiger partial charge >= 0.3 is 5.97 Å². The van der Waals surface area contributed by atoms with Crippen LogP contribution in [-0.2, 0) is 4.79 Å². The van der Waals surface area contributed by atoms with Crippen molar-refractivity contribution >= 4 is 61.6 Å². The molecule has 124 valence electrons. The normalized spacial score (nSPS) is 10.7. The van der Waals surface area contributed by atoms with Crippen LogP contribution in [0, 0.1) is 0 Å². The first-order chi connectivity index (χ1) is 11.4. The van der Waals surface area contributed by atoms with E-state index in [1.54, 1.807) is 36.4 Å². The summed E-state index contributed by atoms with van der Waals surface area (Å²) in [5, 5.41) is 4.38. The van der Waals surface area contributed by atoms with Gasteiger partial charge < -0.3 is 4.74 Å². The van der Waals surface area contributed by atoms with Crippen LogP contribution in [0.2, 0.25) is 5.02 Å². The van der Waals surface area contributed by atoms with Crippen LogP contribution in [0.3, 0.4) is 0 Å². The van der Waals surface area contributed by atoms with Crippen LogP contribution >= 0.6 is 43.5 Å². The summed E-state index contributed by atoms with van der Waals surface area (Å²) in [6.07, 6.45) is 1.47. The Labute approximate surface area is 160 Å². The third-order valence-electron chi connectivity index (χ3n) is 2.73. The molecule has 0 unspecified atom stereocenters. The van der Waals surface area contributed by atoms with Crippen molar-refractivity contribution in [2.45, 2.75) is 6.92 Å². The summed E-state index contributed by atoms with van der Waals surface area (Å²) in [5.41, 5.74) is 3.52. The molecule has 24 heavy (non-hydrogen) atoms. The molecule has 0 aromatic heterocycles. The van der Waals surface area contributed by atoms with Gasteiger partial charge in [0.25, 0.3) is 5.91 Å². The van der Waals surface area contributed by atoms with E-state index in [-0.39, 0.29) is 5.91 Å². The van der Waals surface area contributed by atoms with Crippen LogP contribution in [0.5, 0.6) is 5.75 Å². The molecule has 0 heterocycles. The van der Waals surface area contributed by atoms with E-state index in [0.29, 0.717) is 30.8 Å². The molecule has 8 heteroatoms. The molecule has 5 nitrogen and oxygen atoms in total. The van der Waals surface area contributed by atoms with Crippen molar-refractivity contribution < 1.29 is 14.3 Å². The van der Waals surface area contributed by atoms with Gasteiger partial charge in [-0.25, -0.2) is 5.43 Å². The third-order valence-corrected chi connectivity index (χ3v) is 4.15. The number of amides is 1. The van der Waals surface area contributed by atoms with E-state index >= 15 is 0 Å². The highest BCUT2D eigenvalue weighted by Crippen LogP contribution is 2.34. The Morgan fingerprint density at radius 2 is 1.88 bits per heavy atom. The number of carbonyl (C=O) groups is 2. The van der Waals surface area contributed by atoms with Gasteiger partial charge in [0.15, 0.2) is 5.75 Å². The van der Waals surface area contributed by atoms with Gasteiger partial charge in [-0.15, -0.1) is 0 Å². The number of halogens is 3. The minimum absolute atomic E-state index is 0.372. The molecule has 2 aromatic rings. The topological polar surface area (TPSA) is 67.8 Å². The average molecular weight is 475 g/mol. The molecule has 0 aliphatic rings. The zero-order chi connectivity index (χ0) is 17.7. The molecule has 1 N–H and O–H groups in total. The molecule has 2 aromatic carbocycles. The van der Waals surface area contributed by atoms with Crippen LogP contribution in [0.1, 0.15) is 22.8 Å². The minimum atomic E-state index is -0.424. The Kier molecular flexibility index (Phi) is 6.53. The van der Waals surface area contributed by atoms with E-state index in [4.69, 9.17) is 16.3 Å². The summed E-state index contributed by atoms with van der Waals surface area (Å²) in [7, 11) is 0. The molecule has 0 spiro atoms. The van der Waals surface area contributed by atoms with Crippen molar-refractivity contribution in [3.8, 4) is 5.75 Å². The zero-order valence-electron chi connectivity index (χ0n) is 12.3. The van der Waals surface area contributed by atoms with E-state index in [2.05, 4.69) is 42.4 Å². The lowest BCUT2D eigenvalue weighted by Crippen LogP contribution is -2.17. The Morgan fingerprint density at radius 1 is 1.21 bits per heavy atom. The molecule has 2 rings (SSSR count). The average Bonchev–Trinajstić information content (AvgIpc) is 2.50. The molecule has 0 saturated carbocycles. The maximum absolute atomic E-state index is 11.9. The van der Waals surface area contributed by atoms with Crippen molar-refractivity contribution in [1.82, 2.24) is 5.43 Å². The van der Waals surface area contributed by atoms with Crippen LogP contribution in [0.4, 0.5) is 0 Å². The molecule has 1 amide bonds. The molecule has 0 radical (unpaired) electrons. The lowest BCUT2D eigenvalue weighted by atomic mass is 10.2. The highest BCUT2D eigenvalue weighted by Gasteiger charge is 2.10. The van der Waals surface area contributed by atoms with E-state index in [0.717, 1.165) is 0 Å². The number of rotatable bonds is 4. The van der Waals surface area contributed by atoms with Gasteiger partial charge in [0, 0.05) is 17.5 Å². The molecular formula is C16H11Br2ClN2O3. The van der Waals surface area contributed by atoms with Crippen LogP contribution in [-0.4, -0.2) is 18.1 Å². The number of nitrogens with zero attached hydrogens (tertiary/aromatic N) is 1. The Morgan fingerprint density at radius 3 is 2.46 bits per heavy atom. The number of nitrogens with one attached hydrogen (secondary N) is 1. The van der Waals surface area contributed by atoms with Crippen molar-refractivity contribution in [2.75, 3.05) is 0 Å². The number of hydrogen-bond acceptors (Lipinski definition) is 4. The fourth-order valence-corrected chi connectivity index (χ4v) is 3.33. The first-order valence-electron chi connectivity index (χ1n) is 6.63. The number of ether oxygens (including phenoxy) is 1. The van der Waals surface area contributed by atoms with Gasteiger partial charge in [0.2, 0.25) is 0 Å². The number of carbonyl (C=O) groups excluding carboxylic acids is 2. The van der Waals surface area contributed by atoms with Crippen molar-refractivity contribution in [1.29, 1.82) is 0 Å². The first-order valence-corrected chi connectivity index (χ1v) is 8.59. The number of hydrogen-bond donors (Lipinski definition) is 1. The van der Waals surface area contributed by atoms with E-state index in [9.17, 15) is 9.59 Å². The van der Waals surface area contributed by atoms with Crippen molar-refractivity contribution in [2.24, 2.45) is 5.10 Å². The lowest BCUT2D eigenvalue weighted by Gasteiger charge is -2.07. The quantitative estimate of drug-likeness (QED) is 0.306. The lowest BCUT2D eigenvalue weighted by molar-refractivity contribution is -0.131. The molecule has 0 fully saturated rings. The number of benzene rings is 2. The largest absolute Gasteiger partial charge is 0.424 e. The minimum Gasteiger partial charge on any atom is -0.424 e. The first kappa shape index (κ1) is 18.6. The maximum Gasteiger partial charge on any atom is 0.308 e. The number of esters is 1. The summed E-state index contributed by atoms with van der Waals surface area (Å²) in [6, 6.07) is 9.96. The smallest absolute Gasteiger partial charge is 0.308 e. The fourth-order valence-electron chi connectivity index (χ4n) is 1.75. The zero-order valence-corrected chi connectivity index (χ0v) is 16.3. The second-order valence-electron chi connectivity index (χ2n) is 4.62. The Bertz CT molecular complexity index is 802. The molecular weight excluding hydrogens is 463 g/mol. The van der Waals surface area contributed by atoms with Crippen LogP contribution in [0.25, 0.3) is 0 Å². The second-order valence-corrected chi connectivity index (χ2v) is 6.76. The summed E-state index contributed by atoms with van der Waals surface area (Å²) in [6.45, 7) is 1.32. The summed E-state index contributed by atoms with van der Waals surface area (Å²) in [4.78, 5) is 23.0. The number of hydrazone groups is 1. The highest BCUT2D eigenvalue weighted by atomic mass is 79.9. The van der Waals surface area contributed by atoms with Crippen LogP contribution < -0.4 is 10.2 Å². The van der Waals surface area contributed by atoms with Gasteiger partial charge in [-0.1, -0.05) is 17.7 Å². The van der Waals surface area contributed by atoms with E-state index in [1.807, 2.05) is 0 Å². The van der Waals surface area contributed by atoms with Crippen LogP contribution in [0.15, 0.2) is 50.4 Å². The van der Waals surface area contributed by atoms with Gasteiger partial charge in [0.05, 0.1) is 15.2 Å². The highest BCUT2D eigenvalue weighted by molar-refractivity contribution is 9.11. The predicted octanol–water partition coefficient (Wildman–Crippen LogP) is 4.55. The Balaban J connectivity index is 2.09. The molecule has 0 bridgehead atoms. The molecule has 0 aliphatic carbocycles. The summed E-state index contributed by atoms with van der Waals surface area (Å²) in [5.74, 6) is -0.419. The van der Waals surface area contributed by atoms with E-state index in [1.165, 1.54) is 13.1 Å². The van der Waals surface area contributed by atoms with Gasteiger partial charge in [-0.3, -0.25) is 9.59 Å². The monoisotopic (exact) mass is 472 g/mol. The standard InChI is InChI=1S/C16H11Br2ClN2O3/c1-9(22)24-15-13(17)5-10(6-14(15)18)8-20-21-16(23)11-3-2-4-12(19)7-11/h2-8H,1H3,(H,21,23)/b20-8-. The maximum atomic E-state index is 11.9. The van der Waals surface area contributed by atoms with Gasteiger partial charge in [0.1, 0.15) is 0 Å². The van der Waals surface area contributed by atoms with E-state index < -0.39 is 5.97 Å². The fraction of sp³-hybridized carbons (Fsp3) is 0.0625. The summed E-state index contributed by atoms with van der Waals surface area (Å²) < 4.78 is 6.24. The van der Waals surface area contributed by atoms with Crippen molar-refractivity contribution in [3.05, 3.63) is 61.5 Å².